The molecule has 0 saturated carbocycles. The number of nitriles is 1. The molecule has 0 saturated heterocycles. The normalized spacial score (nSPS) is 11.7. The summed E-state index contributed by atoms with van der Waals surface area (Å²) >= 11 is 0. The molecule has 0 fully saturated rings. The lowest BCUT2D eigenvalue weighted by Gasteiger charge is -2.10. The molecule has 1 aromatic rings. The van der Waals surface area contributed by atoms with Crippen LogP contribution in [-0.4, -0.2) is 21.9 Å². The third-order valence-corrected chi connectivity index (χ3v) is 1.73. The van der Waals surface area contributed by atoms with Gasteiger partial charge < -0.3 is 10.3 Å². The molecular weight excluding hydrogens is 180 g/mol. The summed E-state index contributed by atoms with van der Waals surface area (Å²) in [4.78, 5) is 17.8. The van der Waals surface area contributed by atoms with E-state index in [1.165, 1.54) is 0 Å². The molecule has 1 atom stereocenters. The van der Waals surface area contributed by atoms with Crippen LogP contribution in [0.2, 0.25) is 0 Å². The fraction of sp³-hybridized carbons (Fsp3) is 0.444. The molecule has 0 radical (unpaired) electrons. The summed E-state index contributed by atoms with van der Waals surface area (Å²) in [5.74, 6) is -0.237. The fourth-order valence-electron chi connectivity index (χ4n) is 1.17. The Bertz CT molecular complexity index is 325. The number of nitrogens with zero attached hydrogens (tertiary/aromatic N) is 2. The standard InChI is InChI=1S/C9H12N4O/c1-7(13-9(14)2-3-10)4-8-5-11-6-12-8/h5-7H,2,4H2,1H3,(H,11,12)(H,13,14). The van der Waals surface area contributed by atoms with E-state index in [0.29, 0.717) is 6.42 Å². The zero-order valence-corrected chi connectivity index (χ0v) is 7.95. The van der Waals surface area contributed by atoms with Gasteiger partial charge in [0.15, 0.2) is 0 Å². The molecule has 0 aliphatic carbocycles. The maximum atomic E-state index is 11.0. The predicted octanol–water partition coefficient (Wildman–Crippen LogP) is 0.371. The highest BCUT2D eigenvalue weighted by atomic mass is 16.1. The molecule has 1 amide bonds. The van der Waals surface area contributed by atoms with E-state index in [1.54, 1.807) is 18.6 Å². The van der Waals surface area contributed by atoms with Gasteiger partial charge in [-0.05, 0) is 6.92 Å². The summed E-state index contributed by atoms with van der Waals surface area (Å²) in [6, 6.07) is 1.81. The molecule has 1 unspecified atom stereocenters. The Kier molecular flexibility index (Phi) is 3.68. The van der Waals surface area contributed by atoms with E-state index < -0.39 is 0 Å². The van der Waals surface area contributed by atoms with Gasteiger partial charge in [0.1, 0.15) is 6.42 Å². The smallest absolute Gasteiger partial charge is 0.234 e. The number of aromatic nitrogens is 2. The second-order valence-electron chi connectivity index (χ2n) is 3.08. The lowest BCUT2D eigenvalue weighted by molar-refractivity contribution is -0.120. The first-order valence-electron chi connectivity index (χ1n) is 4.36. The molecule has 0 spiro atoms. The van der Waals surface area contributed by atoms with Gasteiger partial charge in [-0.3, -0.25) is 4.79 Å². The maximum Gasteiger partial charge on any atom is 0.234 e. The van der Waals surface area contributed by atoms with E-state index >= 15 is 0 Å². The Balaban J connectivity index is 2.33. The van der Waals surface area contributed by atoms with Crippen molar-refractivity contribution in [1.29, 1.82) is 5.26 Å². The molecule has 2 N–H and O–H groups in total. The minimum Gasteiger partial charge on any atom is -0.352 e. The maximum absolute atomic E-state index is 11.0. The minimum atomic E-state index is -0.237. The summed E-state index contributed by atoms with van der Waals surface area (Å²) < 4.78 is 0. The first kappa shape index (κ1) is 10.3. The largest absolute Gasteiger partial charge is 0.352 e. The molecule has 0 bridgehead atoms. The minimum absolute atomic E-state index is 0.0105. The van der Waals surface area contributed by atoms with Gasteiger partial charge in [-0.1, -0.05) is 0 Å². The molecule has 5 nitrogen and oxygen atoms in total. The number of imidazole rings is 1. The molecule has 74 valence electrons. The zero-order chi connectivity index (χ0) is 10.4. The molecule has 0 aliphatic heterocycles. The summed E-state index contributed by atoms with van der Waals surface area (Å²) in [6.45, 7) is 1.89. The average molecular weight is 192 g/mol. The number of amides is 1. The summed E-state index contributed by atoms with van der Waals surface area (Å²) in [5.41, 5.74) is 0.967. The van der Waals surface area contributed by atoms with Crippen molar-refractivity contribution < 1.29 is 4.79 Å². The lowest BCUT2D eigenvalue weighted by atomic mass is 10.2. The molecule has 0 aromatic carbocycles. The highest BCUT2D eigenvalue weighted by Gasteiger charge is 2.07. The Morgan fingerprint density at radius 3 is 3.21 bits per heavy atom. The molecule has 14 heavy (non-hydrogen) atoms. The van der Waals surface area contributed by atoms with Crippen LogP contribution in [0.15, 0.2) is 12.5 Å². The van der Waals surface area contributed by atoms with Crippen LogP contribution in [0.5, 0.6) is 0 Å². The van der Waals surface area contributed by atoms with E-state index in [4.69, 9.17) is 5.26 Å². The van der Waals surface area contributed by atoms with Gasteiger partial charge in [0.05, 0.1) is 12.4 Å². The lowest BCUT2D eigenvalue weighted by Crippen LogP contribution is -2.33. The summed E-state index contributed by atoms with van der Waals surface area (Å²) in [5, 5.41) is 11.0. The van der Waals surface area contributed by atoms with Gasteiger partial charge in [0, 0.05) is 24.4 Å². The van der Waals surface area contributed by atoms with E-state index in [2.05, 4.69) is 15.3 Å². The van der Waals surface area contributed by atoms with Crippen molar-refractivity contribution in [3.63, 3.8) is 0 Å². The van der Waals surface area contributed by atoms with Gasteiger partial charge in [0.2, 0.25) is 5.91 Å². The van der Waals surface area contributed by atoms with Crippen LogP contribution < -0.4 is 5.32 Å². The SMILES string of the molecule is CC(Cc1cnc[nH]1)NC(=O)CC#N. The quantitative estimate of drug-likeness (QED) is 0.723. The molecule has 5 heteroatoms. The number of H-pyrrole nitrogens is 1. The van der Waals surface area contributed by atoms with Crippen molar-refractivity contribution >= 4 is 5.91 Å². The molecule has 1 rings (SSSR count). The number of carbonyl (C=O) groups is 1. The number of nitrogens with one attached hydrogen (secondary N) is 2. The number of aromatic amines is 1. The Hall–Kier alpha value is -1.83. The van der Waals surface area contributed by atoms with Crippen LogP contribution in [0.4, 0.5) is 0 Å². The van der Waals surface area contributed by atoms with Crippen molar-refractivity contribution in [2.45, 2.75) is 25.8 Å². The molecule has 1 aromatic heterocycles. The number of hydrogen-bond donors (Lipinski definition) is 2. The monoisotopic (exact) mass is 192 g/mol. The Morgan fingerprint density at radius 1 is 1.86 bits per heavy atom. The van der Waals surface area contributed by atoms with Gasteiger partial charge in [-0.25, -0.2) is 4.98 Å². The van der Waals surface area contributed by atoms with Crippen molar-refractivity contribution in [3.8, 4) is 6.07 Å². The first-order chi connectivity index (χ1) is 6.72. The van der Waals surface area contributed by atoms with E-state index in [1.807, 2.05) is 6.92 Å². The molecule has 1 heterocycles. The van der Waals surface area contributed by atoms with Crippen molar-refractivity contribution in [1.82, 2.24) is 15.3 Å². The third kappa shape index (κ3) is 3.27. The first-order valence-corrected chi connectivity index (χ1v) is 4.36. The van der Waals surface area contributed by atoms with Gasteiger partial charge in [-0.2, -0.15) is 5.26 Å². The van der Waals surface area contributed by atoms with Crippen LogP contribution >= 0.6 is 0 Å². The second kappa shape index (κ2) is 5.02. The second-order valence-corrected chi connectivity index (χ2v) is 3.08. The predicted molar refractivity (Wildman–Crippen MR) is 50.1 cm³/mol. The van der Waals surface area contributed by atoms with Crippen molar-refractivity contribution in [2.75, 3.05) is 0 Å². The van der Waals surface area contributed by atoms with Crippen LogP contribution in [0.25, 0.3) is 0 Å². The molecular formula is C9H12N4O. The van der Waals surface area contributed by atoms with Crippen molar-refractivity contribution in [2.24, 2.45) is 0 Å². The highest BCUT2D eigenvalue weighted by molar-refractivity contribution is 5.78. The van der Waals surface area contributed by atoms with E-state index in [0.717, 1.165) is 5.69 Å². The Labute approximate surface area is 82.2 Å². The fourth-order valence-corrected chi connectivity index (χ4v) is 1.17. The summed E-state index contributed by atoms with van der Waals surface area (Å²) in [6.07, 6.45) is 3.91. The van der Waals surface area contributed by atoms with Crippen LogP contribution in [-0.2, 0) is 11.2 Å². The Morgan fingerprint density at radius 2 is 2.64 bits per heavy atom. The van der Waals surface area contributed by atoms with Crippen molar-refractivity contribution in [3.05, 3.63) is 18.2 Å². The highest BCUT2D eigenvalue weighted by Crippen LogP contribution is 1.97. The van der Waals surface area contributed by atoms with Gasteiger partial charge in [0.25, 0.3) is 0 Å². The van der Waals surface area contributed by atoms with Crippen LogP contribution in [0, 0.1) is 11.3 Å². The topological polar surface area (TPSA) is 81.6 Å². The van der Waals surface area contributed by atoms with E-state index in [-0.39, 0.29) is 18.4 Å². The van der Waals surface area contributed by atoms with Crippen LogP contribution in [0.1, 0.15) is 19.0 Å². The van der Waals surface area contributed by atoms with Gasteiger partial charge >= 0.3 is 0 Å². The van der Waals surface area contributed by atoms with Gasteiger partial charge in [-0.15, -0.1) is 0 Å². The average Bonchev–Trinajstić information content (AvgIpc) is 2.56. The van der Waals surface area contributed by atoms with Crippen LogP contribution in [0.3, 0.4) is 0 Å². The number of hydrogen-bond acceptors (Lipinski definition) is 3. The number of carbonyl (C=O) groups excluding carboxylic acids is 1. The molecule has 0 aliphatic rings. The third-order valence-electron chi connectivity index (χ3n) is 1.73. The van der Waals surface area contributed by atoms with E-state index in [9.17, 15) is 4.79 Å². The number of rotatable bonds is 4. The zero-order valence-electron chi connectivity index (χ0n) is 7.95. The summed E-state index contributed by atoms with van der Waals surface area (Å²) in [7, 11) is 0.